The zero-order chi connectivity index (χ0) is 15.3. The van der Waals surface area contributed by atoms with E-state index in [1.807, 2.05) is 0 Å². The first-order chi connectivity index (χ1) is 9.95. The molecule has 0 radical (unpaired) electrons. The van der Waals surface area contributed by atoms with Crippen LogP contribution in [0.5, 0.6) is 0 Å². The predicted octanol–water partition coefficient (Wildman–Crippen LogP) is 4.17. The third-order valence-corrected chi connectivity index (χ3v) is 3.62. The van der Waals surface area contributed by atoms with Gasteiger partial charge in [0.1, 0.15) is 0 Å². The number of amides is 1. The second kappa shape index (κ2) is 6.78. The topological polar surface area (TPSA) is 29.1 Å². The molecule has 1 amide bonds. The number of nitrogens with one attached hydrogen (secondary N) is 1. The van der Waals surface area contributed by atoms with E-state index in [1.165, 1.54) is 30.7 Å². The highest BCUT2D eigenvalue weighted by atomic mass is 19.4. The maximum atomic E-state index is 12.4. The van der Waals surface area contributed by atoms with Gasteiger partial charge in [-0.1, -0.05) is 31.4 Å². The van der Waals surface area contributed by atoms with E-state index in [4.69, 9.17) is 0 Å². The SMILES string of the molecule is O=C(/C=C/c1ccc(C(F)(F)F)cc1)NC1CCCCC1. The zero-order valence-electron chi connectivity index (χ0n) is 11.6. The predicted molar refractivity (Wildman–Crippen MR) is 75.5 cm³/mol. The molecular formula is C16H18F3NO. The highest BCUT2D eigenvalue weighted by molar-refractivity contribution is 5.91. The number of rotatable bonds is 3. The van der Waals surface area contributed by atoms with E-state index in [-0.39, 0.29) is 11.9 Å². The van der Waals surface area contributed by atoms with Crippen molar-refractivity contribution in [1.29, 1.82) is 0 Å². The first-order valence-corrected chi connectivity index (χ1v) is 7.11. The first-order valence-electron chi connectivity index (χ1n) is 7.11. The van der Waals surface area contributed by atoms with Gasteiger partial charge < -0.3 is 5.32 Å². The van der Waals surface area contributed by atoms with Crippen LogP contribution in [0, 0.1) is 0 Å². The Hall–Kier alpha value is -1.78. The molecule has 1 fully saturated rings. The fourth-order valence-corrected chi connectivity index (χ4v) is 2.45. The zero-order valence-corrected chi connectivity index (χ0v) is 11.6. The van der Waals surface area contributed by atoms with Crippen molar-refractivity contribution < 1.29 is 18.0 Å². The minimum atomic E-state index is -4.33. The maximum absolute atomic E-state index is 12.4. The van der Waals surface area contributed by atoms with Crippen LogP contribution in [0.3, 0.4) is 0 Å². The summed E-state index contributed by atoms with van der Waals surface area (Å²) in [5.74, 6) is -0.193. The van der Waals surface area contributed by atoms with Gasteiger partial charge in [0.25, 0.3) is 0 Å². The van der Waals surface area contributed by atoms with Crippen LogP contribution in [-0.2, 0) is 11.0 Å². The number of carbonyl (C=O) groups is 1. The van der Waals surface area contributed by atoms with Crippen LogP contribution in [-0.4, -0.2) is 11.9 Å². The van der Waals surface area contributed by atoms with E-state index in [0.29, 0.717) is 5.56 Å². The Morgan fingerprint density at radius 3 is 2.29 bits per heavy atom. The van der Waals surface area contributed by atoms with Crippen molar-refractivity contribution in [1.82, 2.24) is 5.32 Å². The molecule has 1 saturated carbocycles. The summed E-state index contributed by atoms with van der Waals surface area (Å²) >= 11 is 0. The number of carbonyl (C=O) groups excluding carboxylic acids is 1. The molecule has 1 aliphatic rings. The van der Waals surface area contributed by atoms with Crippen LogP contribution in [0.25, 0.3) is 6.08 Å². The van der Waals surface area contributed by atoms with E-state index < -0.39 is 11.7 Å². The molecule has 0 bridgehead atoms. The van der Waals surface area contributed by atoms with Gasteiger partial charge in [-0.2, -0.15) is 13.2 Å². The van der Waals surface area contributed by atoms with Crippen molar-refractivity contribution in [3.05, 3.63) is 41.5 Å². The minimum absolute atomic E-state index is 0.193. The third-order valence-electron chi connectivity index (χ3n) is 3.62. The van der Waals surface area contributed by atoms with Gasteiger partial charge in [-0.15, -0.1) is 0 Å². The Morgan fingerprint density at radius 2 is 1.71 bits per heavy atom. The summed E-state index contributed by atoms with van der Waals surface area (Å²) in [5.41, 5.74) is -0.117. The molecule has 0 heterocycles. The summed E-state index contributed by atoms with van der Waals surface area (Å²) in [6.45, 7) is 0. The summed E-state index contributed by atoms with van der Waals surface area (Å²) < 4.78 is 37.2. The Labute approximate surface area is 122 Å². The standard InChI is InChI=1S/C16H18F3NO/c17-16(18,19)13-9-6-12(7-10-13)8-11-15(21)20-14-4-2-1-3-5-14/h6-11,14H,1-5H2,(H,20,21)/b11-8+. The summed E-state index contributed by atoms with van der Waals surface area (Å²) in [5, 5.41) is 2.92. The number of hydrogen-bond acceptors (Lipinski definition) is 1. The Bertz CT molecular complexity index is 499. The van der Waals surface area contributed by atoms with Gasteiger partial charge in [0.15, 0.2) is 0 Å². The molecule has 0 aliphatic heterocycles. The van der Waals surface area contributed by atoms with Crippen molar-refractivity contribution in [2.45, 2.75) is 44.3 Å². The van der Waals surface area contributed by atoms with Gasteiger partial charge in [0.2, 0.25) is 5.91 Å². The Balaban J connectivity index is 1.89. The van der Waals surface area contributed by atoms with E-state index in [0.717, 1.165) is 37.8 Å². The van der Waals surface area contributed by atoms with Crippen LogP contribution in [0.2, 0.25) is 0 Å². The molecule has 0 unspecified atom stereocenters. The molecule has 2 nitrogen and oxygen atoms in total. The molecule has 0 atom stereocenters. The van der Waals surface area contributed by atoms with Crippen molar-refractivity contribution >= 4 is 12.0 Å². The van der Waals surface area contributed by atoms with Gasteiger partial charge in [-0.05, 0) is 36.6 Å². The van der Waals surface area contributed by atoms with E-state index in [9.17, 15) is 18.0 Å². The summed E-state index contributed by atoms with van der Waals surface area (Å²) in [7, 11) is 0. The molecule has 1 aliphatic carbocycles. The molecule has 114 valence electrons. The largest absolute Gasteiger partial charge is 0.416 e. The van der Waals surface area contributed by atoms with Crippen molar-refractivity contribution in [2.75, 3.05) is 0 Å². The molecule has 0 spiro atoms. The number of halogens is 3. The van der Waals surface area contributed by atoms with Crippen LogP contribution in [0.4, 0.5) is 13.2 Å². The second-order valence-electron chi connectivity index (χ2n) is 5.30. The van der Waals surface area contributed by atoms with Crippen LogP contribution >= 0.6 is 0 Å². The van der Waals surface area contributed by atoms with Crippen LogP contribution in [0.15, 0.2) is 30.3 Å². The molecule has 0 aromatic heterocycles. The average Bonchev–Trinajstić information content (AvgIpc) is 2.46. The van der Waals surface area contributed by atoms with Crippen molar-refractivity contribution in [2.24, 2.45) is 0 Å². The van der Waals surface area contributed by atoms with Gasteiger partial charge in [-0.25, -0.2) is 0 Å². The Kier molecular flexibility index (Phi) is 5.04. The monoisotopic (exact) mass is 297 g/mol. The normalized spacial score (nSPS) is 17.1. The smallest absolute Gasteiger partial charge is 0.350 e. The summed E-state index contributed by atoms with van der Waals surface area (Å²) in [6, 6.07) is 4.96. The molecule has 1 aromatic rings. The molecule has 1 aromatic carbocycles. The highest BCUT2D eigenvalue weighted by Gasteiger charge is 2.29. The van der Waals surface area contributed by atoms with Gasteiger partial charge in [-0.3, -0.25) is 4.79 Å². The minimum Gasteiger partial charge on any atom is -0.350 e. The highest BCUT2D eigenvalue weighted by Crippen LogP contribution is 2.29. The number of hydrogen-bond donors (Lipinski definition) is 1. The van der Waals surface area contributed by atoms with Crippen LogP contribution < -0.4 is 5.32 Å². The number of benzene rings is 1. The molecule has 2 rings (SSSR count). The Morgan fingerprint density at radius 1 is 1.10 bits per heavy atom. The lowest BCUT2D eigenvalue weighted by atomic mass is 9.95. The van der Waals surface area contributed by atoms with Crippen molar-refractivity contribution in [3.8, 4) is 0 Å². The lowest BCUT2D eigenvalue weighted by Gasteiger charge is -2.21. The van der Waals surface area contributed by atoms with Gasteiger partial charge in [0, 0.05) is 12.1 Å². The average molecular weight is 297 g/mol. The third kappa shape index (κ3) is 4.92. The fraction of sp³-hybridized carbons (Fsp3) is 0.438. The second-order valence-corrected chi connectivity index (χ2v) is 5.30. The van der Waals surface area contributed by atoms with Gasteiger partial charge in [0.05, 0.1) is 5.56 Å². The maximum Gasteiger partial charge on any atom is 0.416 e. The van der Waals surface area contributed by atoms with E-state index in [1.54, 1.807) is 0 Å². The molecular weight excluding hydrogens is 279 g/mol. The summed E-state index contributed by atoms with van der Waals surface area (Å²) in [6.07, 6.45) is 4.05. The summed E-state index contributed by atoms with van der Waals surface area (Å²) in [4.78, 5) is 11.7. The lowest BCUT2D eigenvalue weighted by molar-refractivity contribution is -0.137. The molecule has 5 heteroatoms. The molecule has 21 heavy (non-hydrogen) atoms. The lowest BCUT2D eigenvalue weighted by Crippen LogP contribution is -2.34. The molecule has 0 saturated heterocycles. The molecule has 1 N–H and O–H groups in total. The fourth-order valence-electron chi connectivity index (χ4n) is 2.45. The first kappa shape index (κ1) is 15.6. The quantitative estimate of drug-likeness (QED) is 0.834. The van der Waals surface area contributed by atoms with E-state index in [2.05, 4.69) is 5.32 Å². The van der Waals surface area contributed by atoms with Crippen molar-refractivity contribution in [3.63, 3.8) is 0 Å². The van der Waals surface area contributed by atoms with E-state index >= 15 is 0 Å². The van der Waals surface area contributed by atoms with Crippen LogP contribution in [0.1, 0.15) is 43.2 Å². The number of alkyl halides is 3. The van der Waals surface area contributed by atoms with Gasteiger partial charge >= 0.3 is 6.18 Å².